The molecular weight excluding hydrogens is 386 g/mol. The molecule has 160 valence electrons. The molecule has 4 atom stereocenters. The molecule has 1 aromatic rings. The van der Waals surface area contributed by atoms with Crippen LogP contribution in [0.2, 0.25) is 0 Å². The van der Waals surface area contributed by atoms with E-state index in [1.165, 1.54) is 13.0 Å². The number of carboxylic acid groups (broad SMARTS) is 1. The van der Waals surface area contributed by atoms with Gasteiger partial charge in [0.15, 0.2) is 6.10 Å². The van der Waals surface area contributed by atoms with Crippen molar-refractivity contribution in [3.63, 3.8) is 0 Å². The Morgan fingerprint density at radius 3 is 2.37 bits per heavy atom. The molecule has 1 heterocycles. The van der Waals surface area contributed by atoms with Gasteiger partial charge in [-0.1, -0.05) is 61.6 Å². The van der Waals surface area contributed by atoms with E-state index < -0.39 is 29.7 Å². The average Bonchev–Trinajstić information content (AvgIpc) is 3.46. The van der Waals surface area contributed by atoms with Crippen molar-refractivity contribution in [1.29, 1.82) is 0 Å². The van der Waals surface area contributed by atoms with Gasteiger partial charge in [-0.2, -0.15) is 0 Å². The highest BCUT2D eigenvalue weighted by Gasteiger charge is 2.49. The zero-order chi connectivity index (χ0) is 22.1. The normalized spacial score (nSPS) is 21.4. The molecule has 0 spiro atoms. The quantitative estimate of drug-likeness (QED) is 0.264. The molecule has 7 heteroatoms. The van der Waals surface area contributed by atoms with Crippen LogP contribution >= 0.6 is 0 Å². The lowest BCUT2D eigenvalue weighted by atomic mass is 9.93. The van der Waals surface area contributed by atoms with Crippen molar-refractivity contribution < 1.29 is 29.0 Å². The SMILES string of the molecule is CC(=O)N[C@H](C(=O)O[C@H](/C=C/C=C/C=C\C(=O)O)[C@]1(C)CO1)[C@@H](C)c1ccccc1. The van der Waals surface area contributed by atoms with Gasteiger partial charge in [-0.15, -0.1) is 0 Å². The third kappa shape index (κ3) is 7.00. The maximum absolute atomic E-state index is 13.0. The van der Waals surface area contributed by atoms with Gasteiger partial charge in [-0.25, -0.2) is 9.59 Å². The summed E-state index contributed by atoms with van der Waals surface area (Å²) in [6, 6.07) is 8.57. The van der Waals surface area contributed by atoms with Crippen LogP contribution in [0.1, 0.15) is 32.3 Å². The van der Waals surface area contributed by atoms with Gasteiger partial charge in [0.1, 0.15) is 11.6 Å². The number of esters is 1. The zero-order valence-electron chi connectivity index (χ0n) is 17.3. The third-order valence-corrected chi connectivity index (χ3v) is 4.74. The summed E-state index contributed by atoms with van der Waals surface area (Å²) >= 11 is 0. The van der Waals surface area contributed by atoms with Crippen LogP contribution in [0.4, 0.5) is 0 Å². The van der Waals surface area contributed by atoms with Crippen molar-refractivity contribution in [1.82, 2.24) is 5.32 Å². The fraction of sp³-hybridized carbons (Fsp3) is 0.348. The topological polar surface area (TPSA) is 105 Å². The fourth-order valence-corrected chi connectivity index (χ4v) is 2.83. The summed E-state index contributed by atoms with van der Waals surface area (Å²) < 4.78 is 11.2. The standard InChI is InChI=1S/C23H27NO6/c1-16(18-11-7-6-8-12-18)21(24-17(2)25)22(28)30-19(23(3)15-29-23)13-9-4-5-10-14-20(26)27/h4-14,16,19,21H,15H2,1-3H3,(H,24,25)(H,26,27)/b5-4+,13-9+,14-10-/t16-,19+,21-,23-/m0/s1. The summed E-state index contributed by atoms with van der Waals surface area (Å²) in [4.78, 5) is 35.1. The Balaban J connectivity index is 2.13. The highest BCUT2D eigenvalue weighted by molar-refractivity contribution is 5.84. The monoisotopic (exact) mass is 413 g/mol. The number of epoxide rings is 1. The van der Waals surface area contributed by atoms with Crippen LogP contribution in [0, 0.1) is 0 Å². The summed E-state index contributed by atoms with van der Waals surface area (Å²) in [6.07, 6.45) is 8.26. The van der Waals surface area contributed by atoms with E-state index >= 15 is 0 Å². The van der Waals surface area contributed by atoms with E-state index in [1.807, 2.05) is 44.2 Å². The predicted octanol–water partition coefficient (Wildman–Crippen LogP) is 2.75. The van der Waals surface area contributed by atoms with Gasteiger partial charge in [0.25, 0.3) is 0 Å². The highest BCUT2D eigenvalue weighted by Crippen LogP contribution is 2.33. The number of carbonyl (C=O) groups is 3. The number of carboxylic acids is 1. The van der Waals surface area contributed by atoms with E-state index in [1.54, 1.807) is 24.3 Å². The average molecular weight is 413 g/mol. The second-order valence-corrected chi connectivity index (χ2v) is 7.30. The van der Waals surface area contributed by atoms with Gasteiger partial charge in [0.05, 0.1) is 6.61 Å². The number of carbonyl (C=O) groups excluding carboxylic acids is 2. The van der Waals surface area contributed by atoms with Gasteiger partial charge >= 0.3 is 11.9 Å². The molecule has 0 unspecified atom stereocenters. The molecule has 30 heavy (non-hydrogen) atoms. The molecule has 1 aromatic carbocycles. The second kappa shape index (κ2) is 10.5. The molecule has 0 aliphatic carbocycles. The molecule has 0 saturated carbocycles. The van der Waals surface area contributed by atoms with Crippen molar-refractivity contribution in [3.05, 3.63) is 72.4 Å². The zero-order valence-corrected chi connectivity index (χ0v) is 17.3. The minimum Gasteiger partial charge on any atom is -0.478 e. The van der Waals surface area contributed by atoms with Crippen LogP contribution in [0.15, 0.2) is 66.8 Å². The first-order valence-electron chi connectivity index (χ1n) is 9.64. The molecule has 2 N–H and O–H groups in total. The summed E-state index contributed by atoms with van der Waals surface area (Å²) in [7, 11) is 0. The van der Waals surface area contributed by atoms with Gasteiger partial charge in [-0.05, 0) is 18.6 Å². The molecule has 1 aliphatic rings. The molecule has 7 nitrogen and oxygen atoms in total. The van der Waals surface area contributed by atoms with Gasteiger partial charge in [0.2, 0.25) is 5.91 Å². The number of amides is 1. The number of hydrogen-bond donors (Lipinski definition) is 2. The molecule has 1 fully saturated rings. The summed E-state index contributed by atoms with van der Waals surface area (Å²) in [6.45, 7) is 5.49. The van der Waals surface area contributed by atoms with Crippen molar-refractivity contribution >= 4 is 17.8 Å². The van der Waals surface area contributed by atoms with Crippen LogP contribution in [0.3, 0.4) is 0 Å². The molecule has 0 radical (unpaired) electrons. The Kier molecular flexibility index (Phi) is 8.12. The molecule has 0 aromatic heterocycles. The lowest BCUT2D eigenvalue weighted by Crippen LogP contribution is -2.46. The van der Waals surface area contributed by atoms with E-state index in [4.69, 9.17) is 14.6 Å². The first kappa shape index (κ1) is 23.1. The van der Waals surface area contributed by atoms with Crippen LogP contribution in [0.5, 0.6) is 0 Å². The Hall–Kier alpha value is -3.19. The molecule has 2 rings (SSSR count). The maximum atomic E-state index is 13.0. The summed E-state index contributed by atoms with van der Waals surface area (Å²) in [5.74, 6) is -2.20. The van der Waals surface area contributed by atoms with Gasteiger partial charge < -0.3 is 19.9 Å². The van der Waals surface area contributed by atoms with Crippen molar-refractivity contribution in [2.24, 2.45) is 0 Å². The minimum atomic E-state index is -1.04. The highest BCUT2D eigenvalue weighted by atomic mass is 16.6. The van der Waals surface area contributed by atoms with Crippen molar-refractivity contribution in [2.75, 3.05) is 6.61 Å². The Labute approximate surface area is 176 Å². The summed E-state index contributed by atoms with van der Waals surface area (Å²) in [5, 5.41) is 11.3. The van der Waals surface area contributed by atoms with Crippen LogP contribution in [0.25, 0.3) is 0 Å². The lowest BCUT2D eigenvalue weighted by Gasteiger charge is -2.26. The molecule has 1 saturated heterocycles. The van der Waals surface area contributed by atoms with Gasteiger partial charge in [-0.3, -0.25) is 4.79 Å². The van der Waals surface area contributed by atoms with Gasteiger partial charge in [0, 0.05) is 18.9 Å². The van der Waals surface area contributed by atoms with Crippen molar-refractivity contribution in [2.45, 2.75) is 44.4 Å². The minimum absolute atomic E-state index is 0.291. The summed E-state index contributed by atoms with van der Waals surface area (Å²) in [5.41, 5.74) is 0.274. The number of hydrogen-bond acceptors (Lipinski definition) is 5. The Bertz CT molecular complexity index is 839. The Morgan fingerprint density at radius 2 is 1.80 bits per heavy atom. The fourth-order valence-electron chi connectivity index (χ4n) is 2.83. The molecule has 0 bridgehead atoms. The van der Waals surface area contributed by atoms with Crippen LogP contribution < -0.4 is 5.32 Å². The van der Waals surface area contributed by atoms with E-state index in [0.717, 1.165) is 11.6 Å². The predicted molar refractivity (Wildman–Crippen MR) is 112 cm³/mol. The number of benzene rings is 1. The number of aliphatic carboxylic acids is 1. The molecule has 1 amide bonds. The van der Waals surface area contributed by atoms with Crippen LogP contribution in [-0.4, -0.2) is 47.3 Å². The van der Waals surface area contributed by atoms with E-state index in [0.29, 0.717) is 6.61 Å². The smallest absolute Gasteiger partial charge is 0.329 e. The maximum Gasteiger partial charge on any atom is 0.329 e. The molecule has 1 aliphatic heterocycles. The first-order chi connectivity index (χ1) is 14.2. The Morgan fingerprint density at radius 1 is 1.17 bits per heavy atom. The molecular formula is C23H27NO6. The second-order valence-electron chi connectivity index (χ2n) is 7.30. The third-order valence-electron chi connectivity index (χ3n) is 4.74. The van der Waals surface area contributed by atoms with Crippen molar-refractivity contribution in [3.8, 4) is 0 Å². The number of nitrogens with one attached hydrogen (secondary N) is 1. The van der Waals surface area contributed by atoms with E-state index in [-0.39, 0.29) is 11.8 Å². The number of allylic oxidation sites excluding steroid dienone is 4. The number of ether oxygens (including phenoxy) is 2. The number of rotatable bonds is 10. The van der Waals surface area contributed by atoms with Crippen LogP contribution in [-0.2, 0) is 23.9 Å². The lowest BCUT2D eigenvalue weighted by molar-refractivity contribution is -0.154. The first-order valence-corrected chi connectivity index (χ1v) is 9.64. The van der Waals surface area contributed by atoms with E-state index in [9.17, 15) is 14.4 Å². The largest absolute Gasteiger partial charge is 0.478 e. The van der Waals surface area contributed by atoms with E-state index in [2.05, 4.69) is 5.32 Å².